The topological polar surface area (TPSA) is 83.9 Å². The van der Waals surface area contributed by atoms with Gasteiger partial charge in [0.2, 0.25) is 0 Å². The van der Waals surface area contributed by atoms with Crippen molar-refractivity contribution in [3.8, 4) is 22.6 Å². The highest BCUT2D eigenvalue weighted by Gasteiger charge is 2.41. The molecule has 18 rings (SSSR count). The van der Waals surface area contributed by atoms with E-state index in [1.54, 1.807) is 0 Å². The third-order valence-electron chi connectivity index (χ3n) is 21.3. The van der Waals surface area contributed by atoms with E-state index in [9.17, 15) is 0 Å². The van der Waals surface area contributed by atoms with Crippen molar-refractivity contribution in [3.63, 3.8) is 0 Å². The van der Waals surface area contributed by atoms with Crippen LogP contribution in [0.4, 0.5) is 102 Å². The first-order valence-corrected chi connectivity index (χ1v) is 37.8. The average Bonchev–Trinajstić information content (AvgIpc) is 0.719. The largest absolute Gasteiger partial charge is 0.310 e. The predicted octanol–water partition coefficient (Wildman–Crippen LogP) is 26.7. The molecule has 11 nitrogen and oxygen atoms in total. The highest BCUT2D eigenvalue weighted by molar-refractivity contribution is 5.94. The molecule has 0 aliphatic carbocycles. The molecule has 6 heterocycles. The molecule has 111 heavy (non-hydrogen) atoms. The Labute approximate surface area is 650 Å². The summed E-state index contributed by atoms with van der Waals surface area (Å²) in [6.07, 6.45) is 9.39. The predicted molar refractivity (Wildman–Crippen MR) is 459 cm³/mol. The molecule has 0 spiro atoms. The van der Waals surface area contributed by atoms with Gasteiger partial charge in [-0.3, -0.25) is 15.0 Å². The fourth-order valence-corrected chi connectivity index (χ4v) is 16.0. The number of benzene rings is 12. The number of hydrogen-bond acceptors (Lipinski definition) is 11. The summed E-state index contributed by atoms with van der Waals surface area (Å²) in [5.74, 6) is 0.751. The lowest BCUT2D eigenvalue weighted by atomic mass is 9.73. The molecule has 0 bridgehead atoms. The van der Waals surface area contributed by atoms with Gasteiger partial charge in [0.05, 0.1) is 40.3 Å². The Hall–Kier alpha value is -14.0. The van der Waals surface area contributed by atoms with E-state index >= 15 is 0 Å². The standard InChI is InChI=1S/C52H45N5.C48H38N6/c1-36-32-39(51-53-37(2)33-38(3)54-51)26-29-48(36)57-49-30-27-44(55(40-18-10-6-11-19-40)41-20-12-7-13-21-41)34-46(49)52(4,5)47-35-45(28-31-50(47)57)56(42-22-14-8-15-23-42)43-24-16-9-17-25-43;1-48(2)43-32-40(52(36-14-8-4-9-15-36)38-24-28-49-29-25-38)19-22-46(43)54(42-18-21-45(51-34-42)35-12-6-3-7-13-35)47-23-20-41(33-44(47)48)53(37-16-10-5-11-17-37)39-26-30-50-31-27-39/h6-35H,1-5H3;3-34H,1-2H3. The van der Waals surface area contributed by atoms with E-state index in [2.05, 4.69) is 408 Å². The van der Waals surface area contributed by atoms with Gasteiger partial charge in [-0.1, -0.05) is 167 Å². The maximum Gasteiger partial charge on any atom is 0.159 e. The van der Waals surface area contributed by atoms with Gasteiger partial charge in [-0.15, -0.1) is 0 Å². The van der Waals surface area contributed by atoms with Crippen molar-refractivity contribution in [2.45, 2.75) is 59.3 Å². The summed E-state index contributed by atoms with van der Waals surface area (Å²) in [5, 5.41) is 0. The van der Waals surface area contributed by atoms with Crippen LogP contribution in [0.2, 0.25) is 0 Å². The minimum absolute atomic E-state index is 0.369. The van der Waals surface area contributed by atoms with Gasteiger partial charge in [0.1, 0.15) is 0 Å². The van der Waals surface area contributed by atoms with E-state index in [1.807, 2.05) is 57.0 Å². The Kier molecular flexibility index (Phi) is 18.9. The summed E-state index contributed by atoms with van der Waals surface area (Å²) < 4.78 is 0. The van der Waals surface area contributed by atoms with Gasteiger partial charge in [-0.05, 0) is 255 Å². The zero-order chi connectivity index (χ0) is 75.6. The minimum atomic E-state index is -0.383. The Morgan fingerprint density at radius 1 is 0.261 bits per heavy atom. The molecule has 4 aromatic heterocycles. The molecule has 0 amide bonds. The van der Waals surface area contributed by atoms with Crippen molar-refractivity contribution >= 4 is 102 Å². The van der Waals surface area contributed by atoms with Crippen LogP contribution in [0, 0.1) is 20.8 Å². The number of rotatable bonds is 16. The van der Waals surface area contributed by atoms with E-state index in [4.69, 9.17) is 15.0 Å². The molecule has 0 saturated heterocycles. The van der Waals surface area contributed by atoms with Crippen LogP contribution < -0.4 is 29.4 Å². The third-order valence-corrected chi connectivity index (χ3v) is 21.3. The molecule has 0 atom stereocenters. The number of pyridine rings is 3. The lowest BCUT2D eigenvalue weighted by molar-refractivity contribution is 0.632. The second-order valence-corrected chi connectivity index (χ2v) is 29.2. The van der Waals surface area contributed by atoms with Crippen LogP contribution in [-0.4, -0.2) is 24.9 Å². The summed E-state index contributed by atoms with van der Waals surface area (Å²) in [5.41, 5.74) is 30.0. The Balaban J connectivity index is 0.000000162. The van der Waals surface area contributed by atoms with Gasteiger partial charge in [-0.25, -0.2) is 9.97 Å². The van der Waals surface area contributed by atoms with Crippen LogP contribution in [-0.2, 0) is 10.8 Å². The number of fused-ring (bicyclic) bond motifs is 4. The van der Waals surface area contributed by atoms with Crippen LogP contribution >= 0.6 is 0 Å². The molecule has 2 aliphatic heterocycles. The number of para-hydroxylation sites is 6. The van der Waals surface area contributed by atoms with E-state index < -0.39 is 0 Å². The summed E-state index contributed by atoms with van der Waals surface area (Å²) >= 11 is 0. The van der Waals surface area contributed by atoms with Gasteiger partial charge in [-0.2, -0.15) is 0 Å². The van der Waals surface area contributed by atoms with Crippen LogP contribution in [0.1, 0.15) is 66.9 Å². The van der Waals surface area contributed by atoms with Crippen molar-refractivity contribution in [2.75, 3.05) is 29.4 Å². The lowest BCUT2D eigenvalue weighted by Gasteiger charge is -2.43. The molecule has 2 aliphatic rings. The molecule has 0 saturated carbocycles. The van der Waals surface area contributed by atoms with Crippen molar-refractivity contribution in [1.82, 2.24) is 24.9 Å². The SMILES string of the molecule is CC1(C)c2cc(N(c3ccccc3)c3ccncc3)ccc2N(c2ccc(-c3ccccc3)nc2)c2ccc(N(c3ccccc3)c3ccncc3)cc21.Cc1cc(C)nc(-c2ccc(N3c4ccc(N(c5ccccc5)c5ccccc5)cc4C(C)(C)c4cc(N(c5ccccc5)c5ccccc5)ccc43)c(C)c2)n1. The minimum Gasteiger partial charge on any atom is -0.310 e. The first-order valence-electron chi connectivity index (χ1n) is 37.8. The Bertz CT molecular complexity index is 5490. The van der Waals surface area contributed by atoms with Crippen LogP contribution in [0.25, 0.3) is 22.6 Å². The molecule has 538 valence electrons. The van der Waals surface area contributed by atoms with Gasteiger partial charge in [0.25, 0.3) is 0 Å². The zero-order valence-electron chi connectivity index (χ0n) is 63.2. The van der Waals surface area contributed by atoms with Crippen molar-refractivity contribution in [1.29, 1.82) is 0 Å². The van der Waals surface area contributed by atoms with Crippen molar-refractivity contribution in [2.24, 2.45) is 0 Å². The summed E-state index contributed by atoms with van der Waals surface area (Å²) in [4.78, 5) is 37.3. The Morgan fingerprint density at radius 2 is 0.568 bits per heavy atom. The monoisotopic (exact) mass is 1440 g/mol. The molecule has 16 aromatic rings. The molecule has 11 heteroatoms. The van der Waals surface area contributed by atoms with Crippen LogP contribution in [0.15, 0.2) is 377 Å². The fourth-order valence-electron chi connectivity index (χ4n) is 16.0. The number of aryl methyl sites for hydroxylation is 3. The molecular formula is C100H83N11. The fraction of sp³-hybridized carbons (Fsp3) is 0.0900. The maximum atomic E-state index is 4.99. The van der Waals surface area contributed by atoms with Gasteiger partial charge < -0.3 is 29.4 Å². The molecule has 12 aromatic carbocycles. The van der Waals surface area contributed by atoms with E-state index in [-0.39, 0.29) is 10.8 Å². The van der Waals surface area contributed by atoms with Gasteiger partial charge in [0, 0.05) is 132 Å². The smallest absolute Gasteiger partial charge is 0.159 e. The van der Waals surface area contributed by atoms with E-state index in [1.165, 1.54) is 22.3 Å². The summed E-state index contributed by atoms with van der Waals surface area (Å²) in [6, 6.07) is 123. The van der Waals surface area contributed by atoms with Crippen LogP contribution in [0.5, 0.6) is 0 Å². The first kappa shape index (κ1) is 70.0. The number of nitrogens with zero attached hydrogens (tertiary/aromatic N) is 11. The average molecular weight is 1440 g/mol. The first-order chi connectivity index (χ1) is 54.3. The third kappa shape index (κ3) is 13.7. The zero-order valence-corrected chi connectivity index (χ0v) is 63.2. The maximum absolute atomic E-state index is 4.99. The molecular weight excluding hydrogens is 1360 g/mol. The van der Waals surface area contributed by atoms with Crippen molar-refractivity contribution in [3.05, 3.63) is 416 Å². The van der Waals surface area contributed by atoms with Crippen molar-refractivity contribution < 1.29 is 0 Å². The van der Waals surface area contributed by atoms with Crippen LogP contribution in [0.3, 0.4) is 0 Å². The second-order valence-electron chi connectivity index (χ2n) is 29.2. The normalized spacial score (nSPS) is 12.7. The lowest BCUT2D eigenvalue weighted by Crippen LogP contribution is -2.31. The highest BCUT2D eigenvalue weighted by Crippen LogP contribution is 2.58. The second kappa shape index (κ2) is 30.0. The summed E-state index contributed by atoms with van der Waals surface area (Å²) in [7, 11) is 0. The number of aromatic nitrogens is 5. The summed E-state index contributed by atoms with van der Waals surface area (Å²) in [6.45, 7) is 15.7. The van der Waals surface area contributed by atoms with E-state index in [0.717, 1.165) is 142 Å². The number of hydrogen-bond donors (Lipinski definition) is 0. The molecule has 0 radical (unpaired) electrons. The number of anilines is 18. The molecule has 0 unspecified atom stereocenters. The Morgan fingerprint density at radius 3 is 0.883 bits per heavy atom. The quantitative estimate of drug-likeness (QED) is 0.0927. The van der Waals surface area contributed by atoms with Gasteiger partial charge >= 0.3 is 0 Å². The van der Waals surface area contributed by atoms with Gasteiger partial charge in [0.15, 0.2) is 5.82 Å². The highest BCUT2D eigenvalue weighted by atomic mass is 15.2. The molecule has 0 fully saturated rings. The van der Waals surface area contributed by atoms with E-state index in [0.29, 0.717) is 0 Å². The molecule has 0 N–H and O–H groups in total.